The van der Waals surface area contributed by atoms with Crippen LogP contribution in [-0.4, -0.2) is 38.7 Å². The van der Waals surface area contributed by atoms with Crippen LogP contribution in [0.15, 0.2) is 28.9 Å². The van der Waals surface area contributed by atoms with Crippen LogP contribution in [0.4, 0.5) is 5.69 Å². The van der Waals surface area contributed by atoms with Crippen molar-refractivity contribution in [2.75, 3.05) is 0 Å². The van der Waals surface area contributed by atoms with Crippen molar-refractivity contribution < 1.29 is 18.9 Å². The number of nitro groups is 1. The lowest BCUT2D eigenvalue weighted by Gasteiger charge is -2.27. The molecule has 1 N–H and O–H groups in total. The molecule has 0 aliphatic rings. The van der Waals surface area contributed by atoms with Crippen LogP contribution in [0.5, 0.6) is 0 Å². The number of carbonyl (C=O) groups excluding carboxylic acids is 2. The van der Waals surface area contributed by atoms with E-state index in [4.69, 9.17) is 4.42 Å². The summed E-state index contributed by atoms with van der Waals surface area (Å²) in [6.07, 6.45) is 2.72. The second-order valence-electron chi connectivity index (χ2n) is 7.36. The molecular weight excluding hydrogens is 388 g/mol. The van der Waals surface area contributed by atoms with Crippen LogP contribution in [0.3, 0.4) is 0 Å². The minimum absolute atomic E-state index is 0.00756. The van der Waals surface area contributed by atoms with E-state index in [0.29, 0.717) is 12.0 Å². The van der Waals surface area contributed by atoms with E-state index >= 15 is 0 Å². The fraction of sp³-hybridized carbons (Fsp3) is 0.476. The number of benzene rings is 1. The topological polar surface area (TPSA) is 119 Å². The van der Waals surface area contributed by atoms with Crippen LogP contribution in [0.2, 0.25) is 0 Å². The molecule has 0 unspecified atom stereocenters. The van der Waals surface area contributed by atoms with E-state index < -0.39 is 4.92 Å². The van der Waals surface area contributed by atoms with Gasteiger partial charge in [-0.1, -0.05) is 19.9 Å². The van der Waals surface area contributed by atoms with Gasteiger partial charge in [-0.25, -0.2) is 4.98 Å². The van der Waals surface area contributed by atoms with Gasteiger partial charge in [0.1, 0.15) is 6.26 Å². The van der Waals surface area contributed by atoms with E-state index in [2.05, 4.69) is 10.3 Å². The van der Waals surface area contributed by atoms with Crippen LogP contribution >= 0.6 is 0 Å². The molecule has 0 saturated carbocycles. The molecule has 9 heteroatoms. The van der Waals surface area contributed by atoms with Gasteiger partial charge in [-0.15, -0.1) is 0 Å². The van der Waals surface area contributed by atoms with Crippen LogP contribution < -0.4 is 5.32 Å². The van der Waals surface area contributed by atoms with E-state index in [1.165, 1.54) is 17.2 Å². The average molecular weight is 416 g/mol. The first kappa shape index (κ1) is 23.1. The van der Waals surface area contributed by atoms with Crippen molar-refractivity contribution in [3.8, 4) is 0 Å². The van der Waals surface area contributed by atoms with Gasteiger partial charge in [0.25, 0.3) is 17.5 Å². The molecule has 1 aromatic carbocycles. The Bertz CT molecular complexity index is 924. The summed E-state index contributed by atoms with van der Waals surface area (Å²) in [6, 6.07) is 4.26. The largest absolute Gasteiger partial charge is 0.446 e. The van der Waals surface area contributed by atoms with Crippen molar-refractivity contribution in [1.82, 2.24) is 15.2 Å². The normalized spacial score (nSPS) is 12.8. The lowest BCUT2D eigenvalue weighted by Crippen LogP contribution is -2.38. The molecule has 0 bridgehead atoms. The zero-order valence-corrected chi connectivity index (χ0v) is 18.0. The zero-order valence-electron chi connectivity index (χ0n) is 18.0. The summed E-state index contributed by atoms with van der Waals surface area (Å²) in [5, 5.41) is 14.0. The lowest BCUT2D eigenvalue weighted by atomic mass is 10.1. The van der Waals surface area contributed by atoms with E-state index in [1.54, 1.807) is 19.1 Å². The first-order valence-electron chi connectivity index (χ1n) is 9.99. The maximum absolute atomic E-state index is 13.1. The highest BCUT2D eigenvalue weighted by molar-refractivity contribution is 5.95. The Morgan fingerprint density at radius 2 is 1.97 bits per heavy atom. The predicted octanol–water partition coefficient (Wildman–Crippen LogP) is 3.86. The molecule has 1 heterocycles. The van der Waals surface area contributed by atoms with Gasteiger partial charge in [-0.2, -0.15) is 0 Å². The number of nitrogens with zero attached hydrogens (tertiary/aromatic N) is 3. The number of carbonyl (C=O) groups is 2. The Kier molecular flexibility index (Phi) is 7.68. The fourth-order valence-corrected chi connectivity index (χ4v) is 2.79. The Balaban J connectivity index is 2.25. The summed E-state index contributed by atoms with van der Waals surface area (Å²) < 4.78 is 5.42. The Labute approximate surface area is 175 Å². The molecule has 2 rings (SSSR count). The molecule has 0 aliphatic heterocycles. The van der Waals surface area contributed by atoms with Gasteiger partial charge in [-0.05, 0) is 39.7 Å². The molecule has 0 fully saturated rings. The van der Waals surface area contributed by atoms with Crippen molar-refractivity contribution in [3.05, 3.63) is 57.3 Å². The van der Waals surface area contributed by atoms with E-state index in [1.807, 2.05) is 27.7 Å². The molecule has 0 saturated heterocycles. The molecule has 0 radical (unpaired) electrons. The quantitative estimate of drug-likeness (QED) is 0.490. The van der Waals surface area contributed by atoms with E-state index in [0.717, 1.165) is 6.42 Å². The number of hydrogen-bond acceptors (Lipinski definition) is 6. The second kappa shape index (κ2) is 10.00. The summed E-state index contributed by atoms with van der Waals surface area (Å²) in [5.41, 5.74) is 0.739. The number of hydrogen-bond donors (Lipinski definition) is 1. The third kappa shape index (κ3) is 5.43. The molecule has 30 heavy (non-hydrogen) atoms. The first-order valence-corrected chi connectivity index (χ1v) is 9.99. The molecule has 162 valence electrons. The number of rotatable bonds is 9. The highest BCUT2D eigenvalue weighted by atomic mass is 16.6. The highest BCUT2D eigenvalue weighted by Crippen LogP contribution is 2.22. The second-order valence-corrected chi connectivity index (χ2v) is 7.36. The smallest absolute Gasteiger partial charge is 0.273 e. The fourth-order valence-electron chi connectivity index (χ4n) is 2.79. The summed E-state index contributed by atoms with van der Waals surface area (Å²) in [5.74, 6) is -0.481. The number of aromatic nitrogens is 1. The van der Waals surface area contributed by atoms with Gasteiger partial charge < -0.3 is 14.6 Å². The van der Waals surface area contributed by atoms with Gasteiger partial charge in [0.05, 0.1) is 11.5 Å². The van der Waals surface area contributed by atoms with Crippen LogP contribution in [-0.2, 0) is 6.54 Å². The minimum atomic E-state index is -0.504. The molecule has 2 atom stereocenters. The number of aryl methyl sites for hydroxylation is 1. The lowest BCUT2D eigenvalue weighted by molar-refractivity contribution is -0.385. The van der Waals surface area contributed by atoms with Gasteiger partial charge in [0.15, 0.2) is 5.69 Å². The number of nitrogens with one attached hydrogen (secondary N) is 1. The number of amides is 2. The summed E-state index contributed by atoms with van der Waals surface area (Å²) in [6.45, 7) is 9.33. The Morgan fingerprint density at radius 1 is 1.27 bits per heavy atom. The highest BCUT2D eigenvalue weighted by Gasteiger charge is 2.25. The van der Waals surface area contributed by atoms with Gasteiger partial charge in [0, 0.05) is 29.3 Å². The standard InChI is InChI=1S/C21H28N4O5/c1-6-14(4)22-20(26)17-12-30-19(23-17)11-24(15(5)7-2)21(27)16-9-8-13(3)18(10-16)25(28)29/h8-10,12,14-15H,6-7,11H2,1-5H3,(H,22,26)/t14-,15+/m0/s1. The maximum atomic E-state index is 13.1. The Hall–Kier alpha value is -3.23. The SMILES string of the molecule is CC[C@@H](C)N(Cc1nc(C(=O)N[C@@H](C)CC)co1)C(=O)c1ccc(C)c([N+](=O)[O-])c1. The molecule has 2 amide bonds. The predicted molar refractivity (Wildman–Crippen MR) is 111 cm³/mol. The summed E-state index contributed by atoms with van der Waals surface area (Å²) in [7, 11) is 0. The van der Waals surface area contributed by atoms with Gasteiger partial charge in [0.2, 0.25) is 5.89 Å². The first-order chi connectivity index (χ1) is 14.2. The van der Waals surface area contributed by atoms with Gasteiger partial charge >= 0.3 is 0 Å². The van der Waals surface area contributed by atoms with Crippen molar-refractivity contribution >= 4 is 17.5 Å². The van der Waals surface area contributed by atoms with E-state index in [9.17, 15) is 19.7 Å². The minimum Gasteiger partial charge on any atom is -0.446 e. The maximum Gasteiger partial charge on any atom is 0.273 e. The number of nitro benzene ring substituents is 1. The van der Waals surface area contributed by atoms with E-state index in [-0.39, 0.29) is 53.3 Å². The molecule has 2 aromatic rings. The van der Waals surface area contributed by atoms with Crippen molar-refractivity contribution in [1.29, 1.82) is 0 Å². The molecule has 9 nitrogen and oxygen atoms in total. The molecule has 0 spiro atoms. The van der Waals surface area contributed by atoms with Crippen molar-refractivity contribution in [3.63, 3.8) is 0 Å². The van der Waals surface area contributed by atoms with Crippen molar-refractivity contribution in [2.24, 2.45) is 0 Å². The Morgan fingerprint density at radius 3 is 2.57 bits per heavy atom. The zero-order chi connectivity index (χ0) is 22.4. The van der Waals surface area contributed by atoms with Crippen LogP contribution in [0, 0.1) is 17.0 Å². The summed E-state index contributed by atoms with van der Waals surface area (Å²) in [4.78, 5) is 41.8. The average Bonchev–Trinajstić information content (AvgIpc) is 3.19. The van der Waals surface area contributed by atoms with Crippen molar-refractivity contribution in [2.45, 2.75) is 66.1 Å². The van der Waals surface area contributed by atoms with Crippen LogP contribution in [0.25, 0.3) is 0 Å². The molecule has 0 aliphatic carbocycles. The monoisotopic (exact) mass is 416 g/mol. The number of oxazole rings is 1. The van der Waals surface area contributed by atoms with Gasteiger partial charge in [-0.3, -0.25) is 19.7 Å². The third-order valence-corrected chi connectivity index (χ3v) is 5.12. The van der Waals surface area contributed by atoms with Crippen LogP contribution in [0.1, 0.15) is 72.8 Å². The molecule has 1 aromatic heterocycles. The third-order valence-electron chi connectivity index (χ3n) is 5.12. The molecular formula is C21H28N4O5. The summed E-state index contributed by atoms with van der Waals surface area (Å²) >= 11 is 0.